The van der Waals surface area contributed by atoms with Gasteiger partial charge in [0.05, 0.1) is 22.8 Å². The molecule has 8 heteroatoms. The van der Waals surface area contributed by atoms with Crippen LogP contribution in [0.4, 0.5) is 13.2 Å². The van der Waals surface area contributed by atoms with Crippen LogP contribution in [0.3, 0.4) is 0 Å². The van der Waals surface area contributed by atoms with Crippen LogP contribution in [-0.4, -0.2) is 18.0 Å². The number of benzene rings is 1. The molecule has 0 aliphatic carbocycles. The summed E-state index contributed by atoms with van der Waals surface area (Å²) in [7, 11) is 1.64. The predicted molar refractivity (Wildman–Crippen MR) is 99.3 cm³/mol. The lowest BCUT2D eigenvalue weighted by atomic mass is 9.98. The summed E-state index contributed by atoms with van der Waals surface area (Å²) in [6, 6.07) is 5.07. The Labute approximate surface area is 155 Å². The Morgan fingerprint density at radius 3 is 2.19 bits per heavy atom. The summed E-state index contributed by atoms with van der Waals surface area (Å²) in [6.45, 7) is 7.26. The third-order valence-corrected chi connectivity index (χ3v) is 4.91. The van der Waals surface area contributed by atoms with Gasteiger partial charge in [0.25, 0.3) is 0 Å². The molecule has 2 aromatic rings. The molecule has 142 valence electrons. The average molecular weight is 384 g/mol. The molecule has 0 atom stereocenters. The van der Waals surface area contributed by atoms with Crippen molar-refractivity contribution in [3.63, 3.8) is 0 Å². The molecule has 0 aliphatic rings. The Morgan fingerprint density at radius 2 is 1.69 bits per heavy atom. The topological polar surface area (TPSA) is 49.3 Å². The minimum absolute atomic E-state index is 0.0193. The lowest BCUT2D eigenvalue weighted by Crippen LogP contribution is -2.36. The average Bonchev–Trinajstić information content (AvgIpc) is 3.04. The van der Waals surface area contributed by atoms with Crippen molar-refractivity contribution in [2.75, 3.05) is 7.05 Å². The summed E-state index contributed by atoms with van der Waals surface area (Å²) in [4.78, 5) is 8.73. The number of nitrogens with one attached hydrogen (secondary N) is 2. The zero-order chi connectivity index (χ0) is 19.4. The number of aliphatic imine (C=N–C) groups is 1. The number of halogens is 3. The minimum Gasteiger partial charge on any atom is -0.352 e. The number of alkyl halides is 3. The summed E-state index contributed by atoms with van der Waals surface area (Å²) in [6.07, 6.45) is -4.32. The van der Waals surface area contributed by atoms with E-state index in [1.54, 1.807) is 18.4 Å². The highest BCUT2D eigenvalue weighted by molar-refractivity contribution is 7.09. The molecule has 26 heavy (non-hydrogen) atoms. The number of rotatable bonds is 4. The highest BCUT2D eigenvalue weighted by atomic mass is 32.1. The number of thiazole rings is 1. The van der Waals surface area contributed by atoms with Gasteiger partial charge in [-0.1, -0.05) is 32.9 Å². The molecule has 2 N–H and O–H groups in total. The Hall–Kier alpha value is -2.09. The molecule has 0 radical (unpaired) electrons. The van der Waals surface area contributed by atoms with Crippen molar-refractivity contribution in [2.45, 2.75) is 45.5 Å². The van der Waals surface area contributed by atoms with Crippen molar-refractivity contribution in [3.8, 4) is 0 Å². The molecule has 4 nitrogen and oxygen atoms in total. The van der Waals surface area contributed by atoms with Crippen LogP contribution in [-0.2, 0) is 24.7 Å². The maximum Gasteiger partial charge on any atom is 0.416 e. The molecule has 0 saturated heterocycles. The second kappa shape index (κ2) is 8.07. The minimum atomic E-state index is -4.32. The van der Waals surface area contributed by atoms with Crippen LogP contribution < -0.4 is 10.6 Å². The zero-order valence-corrected chi connectivity index (χ0v) is 16.1. The third kappa shape index (κ3) is 5.72. The van der Waals surface area contributed by atoms with Crippen LogP contribution in [0.15, 0.2) is 34.6 Å². The summed E-state index contributed by atoms with van der Waals surface area (Å²) in [5, 5.41) is 9.33. The van der Waals surface area contributed by atoms with E-state index in [4.69, 9.17) is 0 Å². The molecule has 2 rings (SSSR count). The van der Waals surface area contributed by atoms with E-state index >= 15 is 0 Å². The molecule has 0 bridgehead atoms. The van der Waals surface area contributed by atoms with Gasteiger partial charge in [-0.15, -0.1) is 11.3 Å². The molecule has 0 aliphatic heterocycles. The quantitative estimate of drug-likeness (QED) is 0.610. The Morgan fingerprint density at radius 1 is 1.08 bits per heavy atom. The van der Waals surface area contributed by atoms with E-state index < -0.39 is 11.7 Å². The molecular weight excluding hydrogens is 361 g/mol. The monoisotopic (exact) mass is 384 g/mol. The van der Waals surface area contributed by atoms with Crippen molar-refractivity contribution >= 4 is 17.3 Å². The largest absolute Gasteiger partial charge is 0.416 e. The van der Waals surface area contributed by atoms with Crippen molar-refractivity contribution < 1.29 is 13.2 Å². The van der Waals surface area contributed by atoms with E-state index in [1.807, 2.05) is 5.38 Å². The fourth-order valence-corrected chi connectivity index (χ4v) is 3.03. The van der Waals surface area contributed by atoms with Gasteiger partial charge >= 0.3 is 6.18 Å². The SMILES string of the molecule is CN=C(NCc1ccc(C(F)(F)F)cc1)NCc1csc(C(C)(C)C)n1. The van der Waals surface area contributed by atoms with E-state index in [9.17, 15) is 13.2 Å². The maximum atomic E-state index is 12.6. The van der Waals surface area contributed by atoms with Gasteiger partial charge in [-0.25, -0.2) is 4.98 Å². The number of hydrogen-bond acceptors (Lipinski definition) is 3. The van der Waals surface area contributed by atoms with E-state index in [0.717, 1.165) is 28.4 Å². The van der Waals surface area contributed by atoms with Gasteiger partial charge in [0.15, 0.2) is 5.96 Å². The van der Waals surface area contributed by atoms with E-state index in [0.29, 0.717) is 19.0 Å². The molecule has 1 heterocycles. The highest BCUT2D eigenvalue weighted by Crippen LogP contribution is 2.29. The maximum absolute atomic E-state index is 12.6. The molecular formula is C18H23F3N4S. The molecule has 0 amide bonds. The Kier molecular flexibility index (Phi) is 6.28. The van der Waals surface area contributed by atoms with Gasteiger partial charge in [-0.05, 0) is 17.7 Å². The first kappa shape index (κ1) is 20.2. The summed E-state index contributed by atoms with van der Waals surface area (Å²) < 4.78 is 37.7. The number of hydrogen-bond donors (Lipinski definition) is 2. The van der Waals surface area contributed by atoms with Crippen LogP contribution in [0.5, 0.6) is 0 Å². The Bertz CT molecular complexity index is 743. The van der Waals surface area contributed by atoms with Crippen LogP contribution in [0.25, 0.3) is 0 Å². The van der Waals surface area contributed by atoms with Crippen LogP contribution in [0.2, 0.25) is 0 Å². The first-order valence-electron chi connectivity index (χ1n) is 8.15. The third-order valence-electron chi connectivity index (χ3n) is 3.60. The lowest BCUT2D eigenvalue weighted by molar-refractivity contribution is -0.137. The smallest absolute Gasteiger partial charge is 0.352 e. The first-order chi connectivity index (χ1) is 12.1. The lowest BCUT2D eigenvalue weighted by Gasteiger charge is -2.14. The number of guanidine groups is 1. The first-order valence-corrected chi connectivity index (χ1v) is 9.03. The van der Waals surface area contributed by atoms with Gasteiger partial charge in [0, 0.05) is 24.4 Å². The van der Waals surface area contributed by atoms with Gasteiger partial charge in [-0.2, -0.15) is 13.2 Å². The van der Waals surface area contributed by atoms with Gasteiger partial charge in [0.1, 0.15) is 0 Å². The number of nitrogens with zero attached hydrogens (tertiary/aromatic N) is 2. The van der Waals surface area contributed by atoms with Crippen molar-refractivity contribution in [2.24, 2.45) is 4.99 Å². The highest BCUT2D eigenvalue weighted by Gasteiger charge is 2.29. The second-order valence-corrected chi connectivity index (χ2v) is 7.73. The van der Waals surface area contributed by atoms with E-state index in [2.05, 4.69) is 41.4 Å². The molecule has 0 unspecified atom stereocenters. The summed E-state index contributed by atoms with van der Waals surface area (Å²) in [5.74, 6) is 0.565. The van der Waals surface area contributed by atoms with E-state index in [1.165, 1.54) is 12.1 Å². The van der Waals surface area contributed by atoms with Gasteiger partial charge < -0.3 is 10.6 Å². The molecule has 0 saturated carbocycles. The molecule has 0 spiro atoms. The van der Waals surface area contributed by atoms with Crippen LogP contribution in [0, 0.1) is 0 Å². The standard InChI is InChI=1S/C18H23F3N4S/c1-17(2,3)15-25-14(11-26-15)10-24-16(22-4)23-9-12-5-7-13(8-6-12)18(19,20)21/h5-8,11H,9-10H2,1-4H3,(H2,22,23,24). The zero-order valence-electron chi connectivity index (χ0n) is 15.2. The molecule has 1 aromatic heterocycles. The van der Waals surface area contributed by atoms with Crippen molar-refractivity contribution in [1.29, 1.82) is 0 Å². The summed E-state index contributed by atoms with van der Waals surface area (Å²) >= 11 is 1.63. The van der Waals surface area contributed by atoms with E-state index in [-0.39, 0.29) is 5.41 Å². The molecule has 1 aromatic carbocycles. The summed E-state index contributed by atoms with van der Waals surface area (Å²) in [5.41, 5.74) is 1.04. The number of aromatic nitrogens is 1. The van der Waals surface area contributed by atoms with Crippen LogP contribution in [0.1, 0.15) is 42.6 Å². The Balaban J connectivity index is 1.87. The van der Waals surface area contributed by atoms with Gasteiger partial charge in [-0.3, -0.25) is 4.99 Å². The predicted octanol–water partition coefficient (Wildman–Crippen LogP) is 4.32. The fourth-order valence-electron chi connectivity index (χ4n) is 2.12. The van der Waals surface area contributed by atoms with Crippen molar-refractivity contribution in [1.82, 2.24) is 15.6 Å². The van der Waals surface area contributed by atoms with Crippen LogP contribution >= 0.6 is 11.3 Å². The normalized spacial score (nSPS) is 13.0. The second-order valence-electron chi connectivity index (χ2n) is 6.87. The molecule has 0 fully saturated rings. The van der Waals surface area contributed by atoms with Crippen molar-refractivity contribution in [3.05, 3.63) is 51.5 Å². The van der Waals surface area contributed by atoms with Gasteiger partial charge in [0.2, 0.25) is 0 Å². The fraction of sp³-hybridized carbons (Fsp3) is 0.444.